The second-order valence-electron chi connectivity index (χ2n) is 5.60. The predicted octanol–water partition coefficient (Wildman–Crippen LogP) is 5.00. The van der Waals surface area contributed by atoms with Gasteiger partial charge >= 0.3 is 0 Å². The van der Waals surface area contributed by atoms with Crippen LogP contribution >= 0.6 is 23.1 Å². The predicted molar refractivity (Wildman–Crippen MR) is 104 cm³/mol. The van der Waals surface area contributed by atoms with Crippen molar-refractivity contribution in [2.45, 2.75) is 10.9 Å². The summed E-state index contributed by atoms with van der Waals surface area (Å²) in [6.45, 7) is 0. The van der Waals surface area contributed by atoms with Crippen LogP contribution in [-0.4, -0.2) is 21.6 Å². The van der Waals surface area contributed by atoms with Gasteiger partial charge in [0, 0.05) is 23.7 Å². The van der Waals surface area contributed by atoms with Crippen molar-refractivity contribution in [2.24, 2.45) is 7.05 Å². The molecular weight excluding hydrogens is 350 g/mol. The Morgan fingerprint density at radius 3 is 2.64 bits per heavy atom. The summed E-state index contributed by atoms with van der Waals surface area (Å²) in [4.78, 5) is 9.45. The third-order valence-corrected chi connectivity index (χ3v) is 5.99. The normalized spacial score (nSPS) is 11.1. The molecule has 6 heteroatoms. The van der Waals surface area contributed by atoms with E-state index in [1.165, 1.54) is 0 Å². The molecule has 126 valence electrons. The number of para-hydroxylation sites is 2. The zero-order valence-electron chi connectivity index (χ0n) is 14.0. The summed E-state index contributed by atoms with van der Waals surface area (Å²) in [5, 5.41) is 4.17. The average molecular weight is 367 g/mol. The lowest BCUT2D eigenvalue weighted by molar-refractivity contribution is 0.415. The van der Waals surface area contributed by atoms with Crippen LogP contribution in [0.1, 0.15) is 5.69 Å². The fraction of sp³-hybridized carbons (Fsp3) is 0.158. The zero-order valence-corrected chi connectivity index (χ0v) is 15.6. The Kier molecular flexibility index (Phi) is 4.46. The molecule has 0 aliphatic rings. The van der Waals surface area contributed by atoms with E-state index in [0.717, 1.165) is 44.0 Å². The molecule has 0 N–H and O–H groups in total. The molecule has 0 saturated carbocycles. The highest BCUT2D eigenvalue weighted by Gasteiger charge is 2.10. The Hall–Kier alpha value is -2.31. The van der Waals surface area contributed by atoms with Crippen LogP contribution in [-0.2, 0) is 12.8 Å². The number of rotatable bonds is 5. The van der Waals surface area contributed by atoms with Gasteiger partial charge in [-0.05, 0) is 36.4 Å². The fourth-order valence-corrected chi connectivity index (χ4v) is 4.44. The van der Waals surface area contributed by atoms with Crippen LogP contribution in [0, 0.1) is 0 Å². The number of imidazole rings is 1. The smallest absolute Gasteiger partial charge is 0.169 e. The maximum absolute atomic E-state index is 5.20. The van der Waals surface area contributed by atoms with E-state index in [0.29, 0.717) is 0 Å². The minimum Gasteiger partial charge on any atom is -0.497 e. The first-order valence-corrected chi connectivity index (χ1v) is 9.74. The van der Waals surface area contributed by atoms with Crippen molar-refractivity contribution in [3.05, 3.63) is 59.6 Å². The number of hydrogen-bond acceptors (Lipinski definition) is 5. The largest absolute Gasteiger partial charge is 0.497 e. The van der Waals surface area contributed by atoms with Gasteiger partial charge in [-0.2, -0.15) is 0 Å². The standard InChI is InChI=1S/C19H17N3OS2/c1-22-17-6-4-3-5-16(17)21-19(22)25-12-14-11-24-18(20-14)13-7-9-15(23-2)10-8-13/h3-11H,12H2,1-2H3. The lowest BCUT2D eigenvalue weighted by Crippen LogP contribution is -1.91. The number of aryl methyl sites for hydroxylation is 1. The summed E-state index contributed by atoms with van der Waals surface area (Å²) in [6.07, 6.45) is 0. The van der Waals surface area contributed by atoms with Crippen LogP contribution in [0.5, 0.6) is 5.75 Å². The van der Waals surface area contributed by atoms with Crippen LogP contribution in [0.4, 0.5) is 0 Å². The Balaban J connectivity index is 1.49. The molecule has 4 rings (SSSR count). The fourth-order valence-electron chi connectivity index (χ4n) is 2.63. The van der Waals surface area contributed by atoms with Crippen molar-refractivity contribution >= 4 is 34.1 Å². The number of methoxy groups -OCH3 is 1. The van der Waals surface area contributed by atoms with Gasteiger partial charge in [0.25, 0.3) is 0 Å². The average Bonchev–Trinajstić information content (AvgIpc) is 3.25. The highest BCUT2D eigenvalue weighted by Crippen LogP contribution is 2.29. The van der Waals surface area contributed by atoms with E-state index in [4.69, 9.17) is 14.7 Å². The SMILES string of the molecule is COc1ccc(-c2nc(CSc3nc4ccccc4n3C)cs2)cc1. The molecule has 0 unspecified atom stereocenters. The Labute approximate surface area is 154 Å². The molecule has 0 aliphatic carbocycles. The molecule has 0 bridgehead atoms. The summed E-state index contributed by atoms with van der Waals surface area (Å²) in [6, 6.07) is 16.2. The Morgan fingerprint density at radius 2 is 1.88 bits per heavy atom. The molecule has 0 aliphatic heterocycles. The third-order valence-electron chi connectivity index (χ3n) is 3.98. The van der Waals surface area contributed by atoms with Crippen molar-refractivity contribution in [1.82, 2.24) is 14.5 Å². The van der Waals surface area contributed by atoms with Gasteiger partial charge in [0.2, 0.25) is 0 Å². The summed E-state index contributed by atoms with van der Waals surface area (Å²) >= 11 is 3.38. The number of fused-ring (bicyclic) bond motifs is 1. The summed E-state index contributed by atoms with van der Waals surface area (Å²) in [5.41, 5.74) is 4.38. The van der Waals surface area contributed by atoms with E-state index in [9.17, 15) is 0 Å². The molecule has 0 amide bonds. The number of nitrogens with zero attached hydrogens (tertiary/aromatic N) is 3. The first kappa shape index (κ1) is 16.2. The first-order valence-electron chi connectivity index (χ1n) is 7.87. The van der Waals surface area contributed by atoms with Crippen LogP contribution < -0.4 is 4.74 Å². The van der Waals surface area contributed by atoms with Crippen molar-refractivity contribution in [3.63, 3.8) is 0 Å². The van der Waals surface area contributed by atoms with Gasteiger partial charge in [0.05, 0.1) is 23.8 Å². The lowest BCUT2D eigenvalue weighted by Gasteiger charge is -2.01. The monoisotopic (exact) mass is 367 g/mol. The van der Waals surface area contributed by atoms with Gasteiger partial charge in [-0.3, -0.25) is 0 Å². The van der Waals surface area contributed by atoms with Crippen molar-refractivity contribution < 1.29 is 4.74 Å². The molecule has 0 spiro atoms. The Bertz CT molecular complexity index is 1010. The van der Waals surface area contributed by atoms with Gasteiger partial charge in [-0.1, -0.05) is 23.9 Å². The molecule has 2 aromatic heterocycles. The molecule has 4 nitrogen and oxygen atoms in total. The van der Waals surface area contributed by atoms with Gasteiger partial charge < -0.3 is 9.30 Å². The van der Waals surface area contributed by atoms with E-state index in [2.05, 4.69) is 23.1 Å². The van der Waals surface area contributed by atoms with Gasteiger partial charge in [-0.25, -0.2) is 9.97 Å². The number of ether oxygens (including phenoxy) is 1. The highest BCUT2D eigenvalue weighted by atomic mass is 32.2. The third kappa shape index (κ3) is 3.27. The number of aromatic nitrogens is 3. The van der Waals surface area contributed by atoms with Crippen LogP contribution in [0.3, 0.4) is 0 Å². The molecule has 4 aromatic rings. The maximum Gasteiger partial charge on any atom is 0.169 e. The Morgan fingerprint density at radius 1 is 1.08 bits per heavy atom. The van der Waals surface area contributed by atoms with Gasteiger partial charge in [-0.15, -0.1) is 11.3 Å². The van der Waals surface area contributed by atoms with Crippen LogP contribution in [0.25, 0.3) is 21.6 Å². The lowest BCUT2D eigenvalue weighted by atomic mass is 10.2. The second kappa shape index (κ2) is 6.90. The minimum absolute atomic E-state index is 0.809. The summed E-state index contributed by atoms with van der Waals surface area (Å²) in [7, 11) is 3.73. The summed E-state index contributed by atoms with van der Waals surface area (Å²) in [5.74, 6) is 1.67. The molecule has 2 aromatic carbocycles. The number of thiazole rings is 1. The van der Waals surface area contributed by atoms with Crippen molar-refractivity contribution in [1.29, 1.82) is 0 Å². The first-order chi connectivity index (χ1) is 12.2. The number of thioether (sulfide) groups is 1. The minimum atomic E-state index is 0.809. The van der Waals surface area contributed by atoms with Gasteiger partial charge in [0.1, 0.15) is 10.8 Å². The molecule has 0 fully saturated rings. The van der Waals surface area contributed by atoms with E-state index >= 15 is 0 Å². The second-order valence-corrected chi connectivity index (χ2v) is 7.40. The van der Waals surface area contributed by atoms with Gasteiger partial charge in [0.15, 0.2) is 5.16 Å². The molecule has 0 atom stereocenters. The topological polar surface area (TPSA) is 39.9 Å². The van der Waals surface area contributed by atoms with E-state index in [-0.39, 0.29) is 0 Å². The quantitative estimate of drug-likeness (QED) is 0.466. The molecule has 2 heterocycles. The molecule has 0 saturated heterocycles. The maximum atomic E-state index is 5.20. The zero-order chi connectivity index (χ0) is 17.2. The molecule has 0 radical (unpaired) electrons. The molecular formula is C19H17N3OS2. The van der Waals surface area contributed by atoms with E-state index in [1.54, 1.807) is 30.2 Å². The van der Waals surface area contributed by atoms with Crippen molar-refractivity contribution in [2.75, 3.05) is 7.11 Å². The van der Waals surface area contributed by atoms with E-state index < -0.39 is 0 Å². The van der Waals surface area contributed by atoms with E-state index in [1.807, 2.05) is 42.5 Å². The molecule has 25 heavy (non-hydrogen) atoms. The van der Waals surface area contributed by atoms with Crippen LogP contribution in [0.15, 0.2) is 59.1 Å². The number of hydrogen-bond donors (Lipinski definition) is 0. The summed E-state index contributed by atoms with van der Waals surface area (Å²) < 4.78 is 7.34. The van der Waals surface area contributed by atoms with Crippen molar-refractivity contribution in [3.8, 4) is 16.3 Å². The highest BCUT2D eigenvalue weighted by molar-refractivity contribution is 7.98. The van der Waals surface area contributed by atoms with Crippen LogP contribution in [0.2, 0.25) is 0 Å². The number of benzene rings is 2.